The summed E-state index contributed by atoms with van der Waals surface area (Å²) in [6, 6.07) is 22.7. The number of amides is 1. The first kappa shape index (κ1) is 19.7. The van der Waals surface area contributed by atoms with E-state index in [1.165, 1.54) is 5.56 Å². The number of anilines is 2. The van der Waals surface area contributed by atoms with E-state index in [-0.39, 0.29) is 11.5 Å². The Hall–Kier alpha value is -3.60. The van der Waals surface area contributed by atoms with E-state index in [9.17, 15) is 14.7 Å². The molecule has 0 unspecified atom stereocenters. The van der Waals surface area contributed by atoms with Crippen molar-refractivity contribution in [1.82, 2.24) is 0 Å². The number of carboxylic acid groups (broad SMARTS) is 1. The van der Waals surface area contributed by atoms with Gasteiger partial charge in [0.2, 0.25) is 0 Å². The minimum Gasteiger partial charge on any atom is -0.478 e. The van der Waals surface area contributed by atoms with Crippen molar-refractivity contribution in [3.8, 4) is 0 Å². The Morgan fingerprint density at radius 1 is 0.967 bits per heavy atom. The van der Waals surface area contributed by atoms with Crippen LogP contribution in [0.25, 0.3) is 0 Å². The molecule has 5 nitrogen and oxygen atoms in total. The summed E-state index contributed by atoms with van der Waals surface area (Å²) in [5, 5.41) is 12.6. The Balaban J connectivity index is 1.55. The minimum absolute atomic E-state index is 0.200. The number of nitrogens with zero attached hydrogens (tertiary/aromatic N) is 1. The number of carbonyl (C=O) groups is 2. The van der Waals surface area contributed by atoms with Gasteiger partial charge in [-0.3, -0.25) is 4.79 Å². The van der Waals surface area contributed by atoms with Crippen molar-refractivity contribution < 1.29 is 14.7 Å². The molecule has 0 radical (unpaired) electrons. The van der Waals surface area contributed by atoms with Gasteiger partial charge >= 0.3 is 5.97 Å². The number of rotatable bonds is 5. The van der Waals surface area contributed by atoms with Crippen LogP contribution in [-0.2, 0) is 0 Å². The highest BCUT2D eigenvalue weighted by Crippen LogP contribution is 2.33. The molecule has 1 amide bonds. The monoisotopic (exact) mass is 400 g/mol. The molecule has 0 saturated carbocycles. The summed E-state index contributed by atoms with van der Waals surface area (Å²) in [5.74, 6) is -0.865. The zero-order valence-electron chi connectivity index (χ0n) is 16.8. The van der Waals surface area contributed by atoms with Crippen LogP contribution in [0.3, 0.4) is 0 Å². The van der Waals surface area contributed by atoms with Crippen molar-refractivity contribution in [1.29, 1.82) is 0 Å². The molecule has 3 aromatic rings. The molecule has 152 valence electrons. The topological polar surface area (TPSA) is 69.6 Å². The third-order valence-corrected chi connectivity index (χ3v) is 5.67. The Bertz CT molecular complexity index is 1080. The van der Waals surface area contributed by atoms with E-state index in [0.29, 0.717) is 22.9 Å². The third-order valence-electron chi connectivity index (χ3n) is 5.67. The highest BCUT2D eigenvalue weighted by Gasteiger charge is 2.27. The molecular formula is C25H24N2O3. The summed E-state index contributed by atoms with van der Waals surface area (Å²) < 4.78 is 0. The SMILES string of the molecule is Cc1ccccc1C(=O)Nc1ccc(N2CC[C@H](c3ccccc3)C2)c(C(=O)O)c1. The first-order chi connectivity index (χ1) is 14.5. The number of aryl methyl sites for hydroxylation is 1. The summed E-state index contributed by atoms with van der Waals surface area (Å²) in [5.41, 5.74) is 4.08. The Morgan fingerprint density at radius 3 is 2.43 bits per heavy atom. The summed E-state index contributed by atoms with van der Waals surface area (Å²) in [6.45, 7) is 3.45. The maximum absolute atomic E-state index is 12.6. The fourth-order valence-corrected chi connectivity index (χ4v) is 4.06. The number of hydrogen-bond donors (Lipinski definition) is 2. The lowest BCUT2D eigenvalue weighted by Crippen LogP contribution is -2.22. The highest BCUT2D eigenvalue weighted by molar-refractivity contribution is 6.06. The maximum atomic E-state index is 12.6. The first-order valence-electron chi connectivity index (χ1n) is 10.1. The fourth-order valence-electron chi connectivity index (χ4n) is 4.06. The quantitative estimate of drug-likeness (QED) is 0.636. The van der Waals surface area contributed by atoms with Crippen LogP contribution in [0, 0.1) is 6.92 Å². The highest BCUT2D eigenvalue weighted by atomic mass is 16.4. The molecule has 0 bridgehead atoms. The Labute approximate surface area is 176 Å². The van der Waals surface area contributed by atoms with Crippen molar-refractivity contribution >= 4 is 23.3 Å². The van der Waals surface area contributed by atoms with Crippen molar-refractivity contribution in [2.45, 2.75) is 19.3 Å². The van der Waals surface area contributed by atoms with E-state index in [4.69, 9.17) is 0 Å². The predicted octanol–water partition coefficient (Wildman–Crippen LogP) is 4.94. The van der Waals surface area contributed by atoms with Gasteiger partial charge < -0.3 is 15.3 Å². The Morgan fingerprint density at radius 2 is 1.70 bits per heavy atom. The van der Waals surface area contributed by atoms with Crippen molar-refractivity contribution in [2.24, 2.45) is 0 Å². The molecular weight excluding hydrogens is 376 g/mol. The number of benzene rings is 3. The van der Waals surface area contributed by atoms with Crippen LogP contribution in [0.1, 0.15) is 44.2 Å². The number of carboxylic acids is 1. The molecule has 0 spiro atoms. The molecule has 1 aliphatic heterocycles. The predicted molar refractivity (Wildman–Crippen MR) is 119 cm³/mol. The molecule has 4 rings (SSSR count). The Kier molecular flexibility index (Phi) is 5.53. The second-order valence-corrected chi connectivity index (χ2v) is 7.65. The van der Waals surface area contributed by atoms with Crippen LogP contribution in [-0.4, -0.2) is 30.1 Å². The van der Waals surface area contributed by atoms with Gasteiger partial charge in [0.15, 0.2) is 0 Å². The van der Waals surface area contributed by atoms with E-state index in [1.54, 1.807) is 24.3 Å². The molecule has 1 fully saturated rings. The van der Waals surface area contributed by atoms with Gasteiger partial charge in [0.1, 0.15) is 0 Å². The largest absolute Gasteiger partial charge is 0.478 e. The fraction of sp³-hybridized carbons (Fsp3) is 0.200. The molecule has 1 heterocycles. The van der Waals surface area contributed by atoms with Crippen LogP contribution in [0.15, 0.2) is 72.8 Å². The lowest BCUT2D eigenvalue weighted by molar-refractivity contribution is 0.0697. The van der Waals surface area contributed by atoms with Gasteiger partial charge in [0.05, 0.1) is 11.3 Å². The average Bonchev–Trinajstić information content (AvgIpc) is 3.24. The molecule has 5 heteroatoms. The third kappa shape index (κ3) is 4.06. The van der Waals surface area contributed by atoms with Crippen molar-refractivity contribution in [3.05, 3.63) is 95.1 Å². The van der Waals surface area contributed by atoms with Crippen LogP contribution in [0.4, 0.5) is 11.4 Å². The summed E-state index contributed by atoms with van der Waals surface area (Å²) in [4.78, 5) is 26.7. The van der Waals surface area contributed by atoms with E-state index < -0.39 is 5.97 Å². The lowest BCUT2D eigenvalue weighted by Gasteiger charge is -2.22. The smallest absolute Gasteiger partial charge is 0.337 e. The van der Waals surface area contributed by atoms with E-state index in [2.05, 4.69) is 22.3 Å². The van der Waals surface area contributed by atoms with Gasteiger partial charge in [-0.2, -0.15) is 0 Å². The van der Waals surface area contributed by atoms with Crippen LogP contribution < -0.4 is 10.2 Å². The number of nitrogens with one attached hydrogen (secondary N) is 1. The second kappa shape index (κ2) is 8.41. The maximum Gasteiger partial charge on any atom is 0.337 e. The number of carbonyl (C=O) groups excluding carboxylic acids is 1. The zero-order chi connectivity index (χ0) is 21.1. The van der Waals surface area contributed by atoms with Gasteiger partial charge in [-0.15, -0.1) is 0 Å². The van der Waals surface area contributed by atoms with Gasteiger partial charge in [0, 0.05) is 30.3 Å². The van der Waals surface area contributed by atoms with E-state index in [0.717, 1.165) is 25.1 Å². The van der Waals surface area contributed by atoms with Gasteiger partial charge in [0.25, 0.3) is 5.91 Å². The molecule has 2 N–H and O–H groups in total. The van der Waals surface area contributed by atoms with E-state index in [1.807, 2.05) is 43.3 Å². The van der Waals surface area contributed by atoms with Gasteiger partial charge in [-0.25, -0.2) is 4.79 Å². The second-order valence-electron chi connectivity index (χ2n) is 7.65. The molecule has 30 heavy (non-hydrogen) atoms. The van der Waals surface area contributed by atoms with Crippen LogP contribution in [0.2, 0.25) is 0 Å². The van der Waals surface area contributed by atoms with Crippen LogP contribution >= 0.6 is 0 Å². The summed E-state index contributed by atoms with van der Waals surface area (Å²) in [7, 11) is 0. The van der Waals surface area contributed by atoms with Crippen LogP contribution in [0.5, 0.6) is 0 Å². The molecule has 3 aromatic carbocycles. The first-order valence-corrected chi connectivity index (χ1v) is 10.1. The average molecular weight is 400 g/mol. The molecule has 1 aliphatic rings. The zero-order valence-corrected chi connectivity index (χ0v) is 16.8. The molecule has 1 atom stereocenters. The number of aromatic carboxylic acids is 1. The summed E-state index contributed by atoms with van der Waals surface area (Å²) >= 11 is 0. The molecule has 0 aromatic heterocycles. The van der Waals surface area contributed by atoms with Gasteiger partial charge in [-0.05, 0) is 48.7 Å². The normalized spacial score (nSPS) is 15.8. The van der Waals surface area contributed by atoms with E-state index >= 15 is 0 Å². The minimum atomic E-state index is -1.000. The van der Waals surface area contributed by atoms with Crippen molar-refractivity contribution in [2.75, 3.05) is 23.3 Å². The molecule has 0 aliphatic carbocycles. The van der Waals surface area contributed by atoms with Crippen molar-refractivity contribution in [3.63, 3.8) is 0 Å². The summed E-state index contributed by atoms with van der Waals surface area (Å²) in [6.07, 6.45) is 0.981. The number of hydrogen-bond acceptors (Lipinski definition) is 3. The molecule has 1 saturated heterocycles. The van der Waals surface area contributed by atoms with Gasteiger partial charge in [-0.1, -0.05) is 48.5 Å². The standard InChI is InChI=1S/C25H24N2O3/c1-17-7-5-6-10-21(17)24(28)26-20-11-12-23(22(15-20)25(29)30)27-14-13-19(16-27)18-8-3-2-4-9-18/h2-12,15,19H,13-14,16H2,1H3,(H,26,28)(H,29,30)/t19-/m0/s1. The lowest BCUT2D eigenvalue weighted by atomic mass is 9.99.